The maximum absolute atomic E-state index is 8.76. The molecule has 0 unspecified atom stereocenters. The molecule has 0 N–H and O–H groups in total. The zero-order valence-corrected chi connectivity index (χ0v) is 6.88. The van der Waals surface area contributed by atoms with Gasteiger partial charge in [-0.3, -0.25) is 4.57 Å². The summed E-state index contributed by atoms with van der Waals surface area (Å²) in [6, 6.07) is 11.7. The molecule has 13 heavy (non-hydrogen) atoms. The zero-order chi connectivity index (χ0) is 9.10. The molecule has 0 saturated carbocycles. The topological polar surface area (TPSA) is 41.6 Å². The van der Waals surface area contributed by atoms with Gasteiger partial charge in [-0.05, 0) is 12.1 Å². The van der Waals surface area contributed by atoms with Crippen LogP contribution < -0.4 is 0 Å². The molecule has 1 heterocycles. The minimum Gasteiger partial charge on any atom is -0.290 e. The lowest BCUT2D eigenvalue weighted by Gasteiger charge is -2.01. The summed E-state index contributed by atoms with van der Waals surface area (Å²) in [6.45, 7) is 0. The molecule has 0 aliphatic rings. The van der Waals surface area contributed by atoms with Crippen molar-refractivity contribution in [2.24, 2.45) is 0 Å². The standard InChI is InChI=1S/C10H7N3/c11-6-10-7-12-8-13(10)9-4-2-1-3-5-9/h1-5,7-8H. The number of para-hydroxylation sites is 1. The van der Waals surface area contributed by atoms with Crippen LogP contribution in [-0.2, 0) is 0 Å². The van der Waals surface area contributed by atoms with E-state index in [2.05, 4.69) is 11.1 Å². The Labute approximate surface area is 75.9 Å². The molecule has 2 aromatic rings. The van der Waals surface area contributed by atoms with Crippen LogP contribution >= 0.6 is 0 Å². The lowest BCUT2D eigenvalue weighted by atomic mass is 10.3. The Kier molecular flexibility index (Phi) is 1.81. The summed E-state index contributed by atoms with van der Waals surface area (Å²) in [4.78, 5) is 3.91. The first kappa shape index (κ1) is 7.56. The first-order valence-electron chi connectivity index (χ1n) is 3.89. The van der Waals surface area contributed by atoms with Gasteiger partial charge in [-0.25, -0.2) is 4.98 Å². The van der Waals surface area contributed by atoms with Gasteiger partial charge in [0.25, 0.3) is 0 Å². The lowest BCUT2D eigenvalue weighted by molar-refractivity contribution is 1.03. The molecule has 1 aromatic carbocycles. The quantitative estimate of drug-likeness (QED) is 0.652. The molecule has 0 aliphatic heterocycles. The number of rotatable bonds is 1. The fourth-order valence-electron chi connectivity index (χ4n) is 1.17. The van der Waals surface area contributed by atoms with Gasteiger partial charge >= 0.3 is 0 Å². The summed E-state index contributed by atoms with van der Waals surface area (Å²) in [6.07, 6.45) is 3.18. The number of imidazole rings is 1. The highest BCUT2D eigenvalue weighted by Crippen LogP contribution is 2.08. The highest BCUT2D eigenvalue weighted by Gasteiger charge is 2.00. The molecule has 3 heteroatoms. The first-order valence-corrected chi connectivity index (χ1v) is 3.89. The molecule has 0 atom stereocenters. The molecule has 62 valence electrons. The SMILES string of the molecule is N#Cc1cncn1-c1ccccc1. The van der Waals surface area contributed by atoms with Crippen LogP contribution in [0.2, 0.25) is 0 Å². The van der Waals surface area contributed by atoms with Crippen LogP contribution in [0.4, 0.5) is 0 Å². The predicted octanol–water partition coefficient (Wildman–Crippen LogP) is 1.74. The third kappa shape index (κ3) is 1.30. The monoisotopic (exact) mass is 169 g/mol. The number of hydrogen-bond donors (Lipinski definition) is 0. The van der Waals surface area contributed by atoms with Crippen molar-refractivity contribution in [3.05, 3.63) is 48.5 Å². The Hall–Kier alpha value is -2.08. The van der Waals surface area contributed by atoms with Gasteiger partial charge in [-0.15, -0.1) is 0 Å². The van der Waals surface area contributed by atoms with E-state index in [0.29, 0.717) is 5.69 Å². The highest BCUT2D eigenvalue weighted by molar-refractivity contribution is 5.36. The van der Waals surface area contributed by atoms with Crippen LogP contribution in [0.3, 0.4) is 0 Å². The number of nitriles is 1. The molecule has 2 rings (SSSR count). The van der Waals surface area contributed by atoms with E-state index < -0.39 is 0 Å². The van der Waals surface area contributed by atoms with Crippen molar-refractivity contribution < 1.29 is 0 Å². The van der Waals surface area contributed by atoms with E-state index in [1.54, 1.807) is 17.1 Å². The summed E-state index contributed by atoms with van der Waals surface area (Å²) in [5.41, 5.74) is 1.50. The van der Waals surface area contributed by atoms with Crippen LogP contribution in [0.25, 0.3) is 5.69 Å². The van der Waals surface area contributed by atoms with Crippen molar-refractivity contribution in [2.75, 3.05) is 0 Å². The van der Waals surface area contributed by atoms with Crippen molar-refractivity contribution in [3.63, 3.8) is 0 Å². The maximum atomic E-state index is 8.76. The normalized spacial score (nSPS) is 9.46. The minimum atomic E-state index is 0.547. The second-order valence-corrected chi connectivity index (χ2v) is 2.60. The molecule has 1 aromatic heterocycles. The molecule has 0 fully saturated rings. The van der Waals surface area contributed by atoms with E-state index in [1.807, 2.05) is 30.3 Å². The minimum absolute atomic E-state index is 0.547. The maximum Gasteiger partial charge on any atom is 0.144 e. The fraction of sp³-hybridized carbons (Fsp3) is 0. The number of hydrogen-bond acceptors (Lipinski definition) is 2. The second kappa shape index (κ2) is 3.11. The van der Waals surface area contributed by atoms with Gasteiger partial charge in [0.2, 0.25) is 0 Å². The molecule has 0 amide bonds. The van der Waals surface area contributed by atoms with Crippen molar-refractivity contribution in [1.82, 2.24) is 9.55 Å². The summed E-state index contributed by atoms with van der Waals surface area (Å²) >= 11 is 0. The third-order valence-electron chi connectivity index (χ3n) is 1.79. The highest BCUT2D eigenvalue weighted by atomic mass is 15.0. The molecular formula is C10H7N3. The van der Waals surface area contributed by atoms with Crippen LogP contribution in [0.5, 0.6) is 0 Å². The summed E-state index contributed by atoms with van der Waals surface area (Å²) < 4.78 is 1.75. The second-order valence-electron chi connectivity index (χ2n) is 2.60. The smallest absolute Gasteiger partial charge is 0.144 e. The fourth-order valence-corrected chi connectivity index (χ4v) is 1.17. The largest absolute Gasteiger partial charge is 0.290 e. The van der Waals surface area contributed by atoms with Crippen molar-refractivity contribution in [3.8, 4) is 11.8 Å². The van der Waals surface area contributed by atoms with E-state index in [9.17, 15) is 0 Å². The van der Waals surface area contributed by atoms with Crippen LogP contribution in [0, 0.1) is 11.3 Å². The van der Waals surface area contributed by atoms with Crippen LogP contribution in [0.15, 0.2) is 42.9 Å². The Morgan fingerprint density at radius 1 is 1.23 bits per heavy atom. The van der Waals surface area contributed by atoms with E-state index >= 15 is 0 Å². The van der Waals surface area contributed by atoms with Crippen LogP contribution in [-0.4, -0.2) is 9.55 Å². The van der Waals surface area contributed by atoms with E-state index in [1.165, 1.54) is 0 Å². The van der Waals surface area contributed by atoms with E-state index in [0.717, 1.165) is 5.69 Å². The summed E-state index contributed by atoms with van der Waals surface area (Å²) in [5, 5.41) is 8.76. The average Bonchev–Trinajstić information content (AvgIpc) is 2.67. The van der Waals surface area contributed by atoms with Crippen molar-refractivity contribution >= 4 is 0 Å². The molecule has 0 aliphatic carbocycles. The predicted molar refractivity (Wildman–Crippen MR) is 48.3 cm³/mol. The van der Waals surface area contributed by atoms with E-state index in [4.69, 9.17) is 5.26 Å². The number of benzene rings is 1. The van der Waals surface area contributed by atoms with Gasteiger partial charge in [-0.2, -0.15) is 5.26 Å². The molecule has 0 radical (unpaired) electrons. The third-order valence-corrected chi connectivity index (χ3v) is 1.79. The van der Waals surface area contributed by atoms with Gasteiger partial charge in [0.05, 0.1) is 6.20 Å². The molecule has 0 bridgehead atoms. The Balaban J connectivity index is 2.54. The lowest BCUT2D eigenvalue weighted by Crippen LogP contribution is -1.93. The Morgan fingerprint density at radius 3 is 2.69 bits per heavy atom. The van der Waals surface area contributed by atoms with E-state index in [-0.39, 0.29) is 0 Å². The van der Waals surface area contributed by atoms with Gasteiger partial charge in [0, 0.05) is 5.69 Å². The summed E-state index contributed by atoms with van der Waals surface area (Å²) in [7, 11) is 0. The van der Waals surface area contributed by atoms with Crippen LogP contribution in [0.1, 0.15) is 5.69 Å². The first-order chi connectivity index (χ1) is 6.42. The molecule has 3 nitrogen and oxygen atoms in total. The van der Waals surface area contributed by atoms with Crippen molar-refractivity contribution in [1.29, 1.82) is 5.26 Å². The van der Waals surface area contributed by atoms with Gasteiger partial charge in [-0.1, -0.05) is 18.2 Å². The number of nitrogens with zero attached hydrogens (tertiary/aromatic N) is 3. The molecule has 0 saturated heterocycles. The number of aromatic nitrogens is 2. The Morgan fingerprint density at radius 2 is 2.00 bits per heavy atom. The molecular weight excluding hydrogens is 162 g/mol. The van der Waals surface area contributed by atoms with Gasteiger partial charge < -0.3 is 0 Å². The van der Waals surface area contributed by atoms with Gasteiger partial charge in [0.15, 0.2) is 0 Å². The Bertz CT molecular complexity index is 437. The summed E-state index contributed by atoms with van der Waals surface area (Å²) in [5.74, 6) is 0. The van der Waals surface area contributed by atoms with Gasteiger partial charge in [0.1, 0.15) is 18.1 Å². The van der Waals surface area contributed by atoms with Crippen molar-refractivity contribution in [2.45, 2.75) is 0 Å². The average molecular weight is 169 g/mol. The molecule has 0 spiro atoms. The zero-order valence-electron chi connectivity index (χ0n) is 6.88.